The van der Waals surface area contributed by atoms with Gasteiger partial charge in [-0.2, -0.15) is 0 Å². The lowest BCUT2D eigenvalue weighted by molar-refractivity contribution is 0.0577. The van der Waals surface area contributed by atoms with E-state index in [4.69, 9.17) is 9.47 Å². The Morgan fingerprint density at radius 2 is 1.89 bits per heavy atom. The molecule has 0 atom stereocenters. The van der Waals surface area contributed by atoms with Crippen molar-refractivity contribution in [3.63, 3.8) is 0 Å². The number of esters is 1. The van der Waals surface area contributed by atoms with Gasteiger partial charge in [0.05, 0.1) is 26.4 Å². The van der Waals surface area contributed by atoms with Gasteiger partial charge in [-0.15, -0.1) is 12.4 Å². The van der Waals surface area contributed by atoms with Crippen LogP contribution in [-0.2, 0) is 19.5 Å². The number of rotatable bonds is 8. The molecule has 10 heteroatoms. The Morgan fingerprint density at radius 3 is 2.44 bits per heavy atom. The average molecular weight is 423 g/mol. The molecule has 154 valence electrons. The summed E-state index contributed by atoms with van der Waals surface area (Å²) >= 11 is 0. The Hall–Kier alpha value is -1.39. The second-order valence-electron chi connectivity index (χ2n) is 6.36. The van der Waals surface area contributed by atoms with Crippen molar-refractivity contribution in [1.82, 2.24) is 10.0 Å². The molecule has 1 aromatic rings. The van der Waals surface area contributed by atoms with Crippen molar-refractivity contribution in [2.45, 2.75) is 17.7 Å². The van der Waals surface area contributed by atoms with Crippen molar-refractivity contribution in [3.8, 4) is 5.75 Å². The van der Waals surface area contributed by atoms with Gasteiger partial charge in [-0.05, 0) is 44.1 Å². The van der Waals surface area contributed by atoms with E-state index in [0.29, 0.717) is 6.61 Å². The molecule has 2 N–H and O–H groups in total. The van der Waals surface area contributed by atoms with Crippen LogP contribution in [0.3, 0.4) is 0 Å². The molecule has 1 aromatic carbocycles. The molecular formula is C17H27ClN2O6S. The molecule has 2 rings (SSSR count). The summed E-state index contributed by atoms with van der Waals surface area (Å²) in [6.45, 7) is 2.40. The number of hydrogen-bond acceptors (Lipinski definition) is 7. The van der Waals surface area contributed by atoms with Gasteiger partial charge in [-0.3, -0.25) is 0 Å². The molecule has 1 aliphatic rings. The van der Waals surface area contributed by atoms with Gasteiger partial charge in [0, 0.05) is 19.1 Å². The Labute approximate surface area is 166 Å². The van der Waals surface area contributed by atoms with Gasteiger partial charge in [0.2, 0.25) is 10.0 Å². The molecule has 0 aromatic heterocycles. The lowest BCUT2D eigenvalue weighted by Gasteiger charge is -2.37. The van der Waals surface area contributed by atoms with Crippen LogP contribution in [0.2, 0.25) is 0 Å². The van der Waals surface area contributed by atoms with Crippen molar-refractivity contribution in [2.75, 3.05) is 47.6 Å². The third kappa shape index (κ3) is 5.79. The van der Waals surface area contributed by atoms with E-state index in [-0.39, 0.29) is 40.6 Å². The quantitative estimate of drug-likeness (QED) is 0.606. The second kappa shape index (κ2) is 10.2. The van der Waals surface area contributed by atoms with Crippen LogP contribution in [-0.4, -0.2) is 62.0 Å². The van der Waals surface area contributed by atoms with Gasteiger partial charge >= 0.3 is 5.97 Å². The summed E-state index contributed by atoms with van der Waals surface area (Å²) in [6.07, 6.45) is 1.64. The number of halogens is 1. The van der Waals surface area contributed by atoms with E-state index < -0.39 is 16.0 Å². The monoisotopic (exact) mass is 422 g/mol. The Bertz CT molecular complexity index is 729. The largest absolute Gasteiger partial charge is 0.495 e. The van der Waals surface area contributed by atoms with Gasteiger partial charge < -0.3 is 19.5 Å². The Morgan fingerprint density at radius 1 is 1.22 bits per heavy atom. The molecule has 1 fully saturated rings. The molecule has 1 saturated heterocycles. The van der Waals surface area contributed by atoms with Gasteiger partial charge in [-0.1, -0.05) is 0 Å². The van der Waals surface area contributed by atoms with Crippen LogP contribution in [0.5, 0.6) is 5.75 Å². The number of carbonyl (C=O) groups is 1. The smallest absolute Gasteiger partial charge is 0.337 e. The number of nitrogens with one attached hydrogen (secondary N) is 2. The minimum atomic E-state index is -3.81. The van der Waals surface area contributed by atoms with E-state index in [2.05, 4.69) is 14.8 Å². The first-order chi connectivity index (χ1) is 12.4. The predicted octanol–water partition coefficient (Wildman–Crippen LogP) is 1.20. The summed E-state index contributed by atoms with van der Waals surface area (Å²) in [4.78, 5) is 11.6. The topological polar surface area (TPSA) is 103 Å². The van der Waals surface area contributed by atoms with Crippen molar-refractivity contribution in [1.29, 1.82) is 0 Å². The second-order valence-corrected chi connectivity index (χ2v) is 8.10. The van der Waals surface area contributed by atoms with E-state index >= 15 is 0 Å². The van der Waals surface area contributed by atoms with E-state index in [1.54, 1.807) is 7.11 Å². The van der Waals surface area contributed by atoms with Gasteiger partial charge in [0.25, 0.3) is 0 Å². The fourth-order valence-electron chi connectivity index (χ4n) is 3.10. The van der Waals surface area contributed by atoms with Crippen LogP contribution < -0.4 is 14.8 Å². The highest BCUT2D eigenvalue weighted by molar-refractivity contribution is 7.89. The zero-order valence-corrected chi connectivity index (χ0v) is 17.4. The molecule has 0 saturated carbocycles. The number of hydrogen-bond donors (Lipinski definition) is 2. The average Bonchev–Trinajstić information content (AvgIpc) is 2.66. The van der Waals surface area contributed by atoms with Gasteiger partial charge in [0.1, 0.15) is 10.6 Å². The lowest BCUT2D eigenvalue weighted by atomic mass is 9.80. The van der Waals surface area contributed by atoms with Crippen LogP contribution >= 0.6 is 12.4 Å². The molecule has 8 nitrogen and oxygen atoms in total. The van der Waals surface area contributed by atoms with Crippen molar-refractivity contribution < 1.29 is 27.4 Å². The number of piperidine rings is 1. The normalized spacial score (nSPS) is 16.3. The van der Waals surface area contributed by atoms with Gasteiger partial charge in [-0.25, -0.2) is 17.9 Å². The summed E-state index contributed by atoms with van der Waals surface area (Å²) in [5, 5.41) is 3.27. The third-order valence-corrected chi connectivity index (χ3v) is 6.07. The number of benzene rings is 1. The Kier molecular flexibility index (Phi) is 8.97. The van der Waals surface area contributed by atoms with Crippen molar-refractivity contribution in [3.05, 3.63) is 23.8 Å². The molecule has 1 aliphatic heterocycles. The predicted molar refractivity (Wildman–Crippen MR) is 103 cm³/mol. The zero-order chi connectivity index (χ0) is 19.2. The van der Waals surface area contributed by atoms with Crippen LogP contribution in [0.4, 0.5) is 0 Å². The third-order valence-electron chi connectivity index (χ3n) is 4.63. The minimum absolute atomic E-state index is 0. The standard InChI is InChI=1S/C17H26N2O6S.ClH/c1-23-12-17(6-8-18-9-7-17)11-19-26(21,22)15-5-4-13(16(20)25-3)10-14(15)24-2;/h4-5,10,18-19H,6-9,11-12H2,1-3H3;1H. The van der Waals surface area contributed by atoms with Crippen molar-refractivity contribution in [2.24, 2.45) is 5.41 Å². The number of ether oxygens (including phenoxy) is 3. The van der Waals surface area contributed by atoms with E-state index in [1.165, 1.54) is 32.4 Å². The summed E-state index contributed by atoms with van der Waals surface area (Å²) in [6, 6.07) is 4.10. The number of methoxy groups -OCH3 is 3. The zero-order valence-electron chi connectivity index (χ0n) is 15.7. The van der Waals surface area contributed by atoms with Gasteiger partial charge in [0.15, 0.2) is 0 Å². The molecule has 0 aliphatic carbocycles. The molecule has 1 heterocycles. The van der Waals surface area contributed by atoms with Crippen LogP contribution in [0, 0.1) is 5.41 Å². The fourth-order valence-corrected chi connectivity index (χ4v) is 4.40. The fraction of sp³-hybridized carbons (Fsp3) is 0.588. The highest BCUT2D eigenvalue weighted by Crippen LogP contribution is 2.30. The number of carbonyl (C=O) groups excluding carboxylic acids is 1. The maximum atomic E-state index is 12.8. The molecule has 0 radical (unpaired) electrons. The molecule has 0 unspecified atom stereocenters. The number of sulfonamides is 1. The summed E-state index contributed by atoms with van der Waals surface area (Å²) in [5.41, 5.74) is -0.0239. The minimum Gasteiger partial charge on any atom is -0.495 e. The van der Waals surface area contributed by atoms with E-state index in [9.17, 15) is 13.2 Å². The van der Waals surface area contributed by atoms with Crippen LogP contribution in [0.1, 0.15) is 23.2 Å². The van der Waals surface area contributed by atoms with E-state index in [0.717, 1.165) is 25.9 Å². The highest BCUT2D eigenvalue weighted by atomic mass is 35.5. The Balaban J connectivity index is 0.00000364. The molecule has 27 heavy (non-hydrogen) atoms. The first-order valence-corrected chi connectivity index (χ1v) is 9.81. The van der Waals surface area contributed by atoms with E-state index in [1.807, 2.05) is 0 Å². The maximum Gasteiger partial charge on any atom is 0.337 e. The SMILES string of the molecule is COCC1(CNS(=O)(=O)c2ccc(C(=O)OC)cc2OC)CCNCC1.Cl. The van der Waals surface area contributed by atoms with Crippen molar-refractivity contribution >= 4 is 28.4 Å². The highest BCUT2D eigenvalue weighted by Gasteiger charge is 2.34. The summed E-state index contributed by atoms with van der Waals surface area (Å²) in [5.74, 6) is -0.472. The van der Waals surface area contributed by atoms with Crippen LogP contribution in [0.25, 0.3) is 0 Å². The molecule has 0 spiro atoms. The van der Waals surface area contributed by atoms with Crippen LogP contribution in [0.15, 0.2) is 23.1 Å². The molecule has 0 bridgehead atoms. The maximum absolute atomic E-state index is 12.8. The molecule has 0 amide bonds. The lowest BCUT2D eigenvalue weighted by Crippen LogP contribution is -2.47. The summed E-state index contributed by atoms with van der Waals surface area (Å²) < 4.78 is 43.4. The first-order valence-electron chi connectivity index (χ1n) is 8.33. The summed E-state index contributed by atoms with van der Waals surface area (Å²) in [7, 11) is 0.422. The molecular weight excluding hydrogens is 396 g/mol. The first kappa shape index (κ1) is 23.6.